The van der Waals surface area contributed by atoms with Gasteiger partial charge in [0.2, 0.25) is 0 Å². The van der Waals surface area contributed by atoms with Gasteiger partial charge >= 0.3 is 5.97 Å². The van der Waals surface area contributed by atoms with E-state index in [9.17, 15) is 9.59 Å². The van der Waals surface area contributed by atoms with Gasteiger partial charge in [0.25, 0.3) is 5.91 Å². The average Bonchev–Trinajstić information content (AvgIpc) is 2.48. The summed E-state index contributed by atoms with van der Waals surface area (Å²) in [6.07, 6.45) is 3.25. The number of carbonyl (C=O) groups is 2. The third kappa shape index (κ3) is 5.99. The molecule has 1 rings (SSSR count). The van der Waals surface area contributed by atoms with E-state index < -0.39 is 5.97 Å². The smallest absolute Gasteiger partial charge is 0.328 e. The first-order valence-electron chi connectivity index (χ1n) is 6.55. The van der Waals surface area contributed by atoms with Crippen LogP contribution >= 0.6 is 0 Å². The normalized spacial score (nSPS) is 10.4. The quantitative estimate of drug-likeness (QED) is 0.713. The molecule has 0 heterocycles. The summed E-state index contributed by atoms with van der Waals surface area (Å²) in [5.41, 5.74) is 0.557. The zero-order valence-electron chi connectivity index (χ0n) is 12.1. The van der Waals surface area contributed by atoms with Crippen LogP contribution in [0.1, 0.15) is 18.9 Å². The minimum absolute atomic E-state index is 0.138. The monoisotopic (exact) mass is 293 g/mol. The summed E-state index contributed by atoms with van der Waals surface area (Å²) < 4.78 is 10.5. The Hall–Kier alpha value is -2.50. The average molecular weight is 293 g/mol. The highest BCUT2D eigenvalue weighted by molar-refractivity contribution is 5.86. The number of carbonyl (C=O) groups excluding carboxylic acids is 1. The molecule has 1 aromatic carbocycles. The van der Waals surface area contributed by atoms with Crippen molar-refractivity contribution in [1.82, 2.24) is 5.32 Å². The number of amides is 1. The van der Waals surface area contributed by atoms with Gasteiger partial charge in [-0.2, -0.15) is 0 Å². The number of hydrogen-bond donors (Lipinski definition) is 2. The second-order valence-electron chi connectivity index (χ2n) is 4.21. The lowest BCUT2D eigenvalue weighted by Crippen LogP contribution is -2.29. The van der Waals surface area contributed by atoms with Crippen molar-refractivity contribution >= 4 is 18.0 Å². The first kappa shape index (κ1) is 16.6. The Kier molecular flexibility index (Phi) is 6.80. The summed E-state index contributed by atoms with van der Waals surface area (Å²) in [5.74, 6) is -0.338. The molecule has 1 aromatic rings. The molecule has 0 spiro atoms. The van der Waals surface area contributed by atoms with Crippen molar-refractivity contribution in [2.24, 2.45) is 0 Å². The Morgan fingerprint density at radius 2 is 2.14 bits per heavy atom. The van der Waals surface area contributed by atoms with E-state index in [1.165, 1.54) is 13.2 Å². The Morgan fingerprint density at radius 3 is 2.76 bits per heavy atom. The van der Waals surface area contributed by atoms with Gasteiger partial charge in [-0.05, 0) is 24.6 Å². The molecule has 0 aliphatic rings. The van der Waals surface area contributed by atoms with Gasteiger partial charge in [-0.1, -0.05) is 6.92 Å². The van der Waals surface area contributed by atoms with E-state index in [0.29, 0.717) is 23.6 Å². The predicted molar refractivity (Wildman–Crippen MR) is 78.5 cm³/mol. The molecule has 0 atom stereocenters. The molecule has 0 fully saturated rings. The molecule has 0 aliphatic heterocycles. The van der Waals surface area contributed by atoms with Gasteiger partial charge in [0.1, 0.15) is 11.5 Å². The van der Waals surface area contributed by atoms with Crippen molar-refractivity contribution in [3.05, 3.63) is 29.8 Å². The van der Waals surface area contributed by atoms with Crippen LogP contribution in [0.5, 0.6) is 11.5 Å². The third-order valence-corrected chi connectivity index (χ3v) is 2.56. The molecule has 21 heavy (non-hydrogen) atoms. The first-order chi connectivity index (χ1) is 10.1. The zero-order valence-corrected chi connectivity index (χ0v) is 12.1. The molecule has 0 saturated carbocycles. The number of carboxylic acids is 1. The highest BCUT2D eigenvalue weighted by Crippen LogP contribution is 2.26. The standard InChI is InChI=1S/C15H19NO5/c1-3-8-16-14(17)10-21-13-9-12(20-2)6-4-11(13)5-7-15(18)19/h4-7,9H,3,8,10H2,1-2H3,(H,16,17)(H,18,19). The SMILES string of the molecule is CCCNC(=O)COc1cc(OC)ccc1C=CC(=O)O. The molecule has 0 saturated heterocycles. The van der Waals surface area contributed by atoms with Gasteiger partial charge in [-0.25, -0.2) is 4.79 Å². The van der Waals surface area contributed by atoms with E-state index in [4.69, 9.17) is 14.6 Å². The van der Waals surface area contributed by atoms with Crippen molar-refractivity contribution in [1.29, 1.82) is 0 Å². The molecule has 0 aliphatic carbocycles. The molecule has 0 unspecified atom stereocenters. The maximum atomic E-state index is 11.5. The van der Waals surface area contributed by atoms with Crippen molar-refractivity contribution in [3.63, 3.8) is 0 Å². The fraction of sp³-hybridized carbons (Fsp3) is 0.333. The molecule has 2 N–H and O–H groups in total. The summed E-state index contributed by atoms with van der Waals surface area (Å²) in [6, 6.07) is 4.96. The van der Waals surface area contributed by atoms with Crippen LogP contribution in [-0.4, -0.2) is 37.2 Å². The van der Waals surface area contributed by atoms with E-state index in [2.05, 4.69) is 5.32 Å². The Bertz CT molecular complexity index is 525. The molecule has 0 aromatic heterocycles. The molecular weight excluding hydrogens is 274 g/mol. The van der Waals surface area contributed by atoms with E-state index >= 15 is 0 Å². The fourth-order valence-corrected chi connectivity index (χ4v) is 1.52. The van der Waals surface area contributed by atoms with E-state index in [1.54, 1.807) is 18.2 Å². The summed E-state index contributed by atoms with van der Waals surface area (Å²) in [7, 11) is 1.51. The molecule has 0 radical (unpaired) electrons. The van der Waals surface area contributed by atoms with E-state index in [1.807, 2.05) is 6.92 Å². The molecule has 1 amide bonds. The van der Waals surface area contributed by atoms with Crippen LogP contribution in [-0.2, 0) is 9.59 Å². The number of benzene rings is 1. The number of rotatable bonds is 8. The van der Waals surface area contributed by atoms with E-state index in [0.717, 1.165) is 12.5 Å². The van der Waals surface area contributed by atoms with Crippen LogP contribution in [0.15, 0.2) is 24.3 Å². The maximum Gasteiger partial charge on any atom is 0.328 e. The zero-order chi connectivity index (χ0) is 15.7. The summed E-state index contributed by atoms with van der Waals surface area (Å²) in [6.45, 7) is 2.41. The van der Waals surface area contributed by atoms with Crippen molar-refractivity contribution in [3.8, 4) is 11.5 Å². The van der Waals surface area contributed by atoms with Gasteiger partial charge in [0.05, 0.1) is 7.11 Å². The topological polar surface area (TPSA) is 84.9 Å². The molecule has 114 valence electrons. The van der Waals surface area contributed by atoms with Crippen molar-refractivity contribution in [2.75, 3.05) is 20.3 Å². The highest BCUT2D eigenvalue weighted by atomic mass is 16.5. The predicted octanol–water partition coefficient (Wildman–Crippen LogP) is 1.70. The second-order valence-corrected chi connectivity index (χ2v) is 4.21. The van der Waals surface area contributed by atoms with Crippen molar-refractivity contribution < 1.29 is 24.2 Å². The lowest BCUT2D eigenvalue weighted by atomic mass is 10.1. The summed E-state index contributed by atoms with van der Waals surface area (Å²) >= 11 is 0. The summed E-state index contributed by atoms with van der Waals surface area (Å²) in [4.78, 5) is 22.1. The Balaban J connectivity index is 2.81. The van der Waals surface area contributed by atoms with Crippen LogP contribution in [0.25, 0.3) is 6.08 Å². The Morgan fingerprint density at radius 1 is 1.38 bits per heavy atom. The number of carboxylic acid groups (broad SMARTS) is 1. The number of ether oxygens (including phenoxy) is 2. The van der Waals surface area contributed by atoms with Crippen LogP contribution in [0.4, 0.5) is 0 Å². The molecular formula is C15H19NO5. The minimum Gasteiger partial charge on any atom is -0.497 e. The highest BCUT2D eigenvalue weighted by Gasteiger charge is 2.07. The summed E-state index contributed by atoms with van der Waals surface area (Å²) in [5, 5.41) is 11.4. The molecule has 0 bridgehead atoms. The minimum atomic E-state index is -1.06. The maximum absolute atomic E-state index is 11.5. The Labute approximate surface area is 123 Å². The first-order valence-corrected chi connectivity index (χ1v) is 6.55. The van der Waals surface area contributed by atoms with Crippen LogP contribution in [0, 0.1) is 0 Å². The van der Waals surface area contributed by atoms with Crippen molar-refractivity contribution in [2.45, 2.75) is 13.3 Å². The van der Waals surface area contributed by atoms with Crippen LogP contribution in [0.2, 0.25) is 0 Å². The lowest BCUT2D eigenvalue weighted by Gasteiger charge is -2.11. The van der Waals surface area contributed by atoms with Gasteiger partial charge in [-0.3, -0.25) is 4.79 Å². The van der Waals surface area contributed by atoms with Gasteiger partial charge in [0, 0.05) is 24.3 Å². The van der Waals surface area contributed by atoms with E-state index in [-0.39, 0.29) is 12.5 Å². The number of aliphatic carboxylic acids is 1. The van der Waals surface area contributed by atoms with Gasteiger partial charge < -0.3 is 19.9 Å². The van der Waals surface area contributed by atoms with Crippen LogP contribution < -0.4 is 14.8 Å². The molecule has 6 nitrogen and oxygen atoms in total. The number of methoxy groups -OCH3 is 1. The largest absolute Gasteiger partial charge is 0.497 e. The lowest BCUT2D eigenvalue weighted by molar-refractivity contribution is -0.131. The number of nitrogens with one attached hydrogen (secondary N) is 1. The van der Waals surface area contributed by atoms with Crippen LogP contribution in [0.3, 0.4) is 0 Å². The molecule has 6 heteroatoms. The van der Waals surface area contributed by atoms with Gasteiger partial charge in [-0.15, -0.1) is 0 Å². The fourth-order valence-electron chi connectivity index (χ4n) is 1.52. The second kappa shape index (κ2) is 8.63. The third-order valence-electron chi connectivity index (χ3n) is 2.56. The van der Waals surface area contributed by atoms with Gasteiger partial charge in [0.15, 0.2) is 6.61 Å². The number of hydrogen-bond acceptors (Lipinski definition) is 4.